The molecule has 2 rings (SSSR count). The van der Waals surface area contributed by atoms with Crippen LogP contribution in [0.3, 0.4) is 0 Å². The molecule has 1 unspecified atom stereocenters. The fourth-order valence-electron chi connectivity index (χ4n) is 2.13. The Morgan fingerprint density at radius 3 is 2.40 bits per heavy atom. The first-order valence-corrected chi connectivity index (χ1v) is 6.20. The molecule has 0 amide bonds. The third-order valence-electron chi connectivity index (χ3n) is 3.34. The van der Waals surface area contributed by atoms with Crippen LogP contribution in [-0.4, -0.2) is 19.3 Å². The molecule has 0 aliphatic rings. The smallest absolute Gasteiger partial charge is 0.171 e. The van der Waals surface area contributed by atoms with E-state index in [1.165, 1.54) is 19.2 Å². The summed E-state index contributed by atoms with van der Waals surface area (Å²) in [7, 11) is 2.93. The molecule has 0 aliphatic carbocycles. The van der Waals surface area contributed by atoms with E-state index in [-0.39, 0.29) is 11.3 Å². The molecular weight excluding hydrogens is 259 g/mol. The Hall–Kier alpha value is -2.07. The summed E-state index contributed by atoms with van der Waals surface area (Å²) in [4.78, 5) is 0. The van der Waals surface area contributed by atoms with Gasteiger partial charge in [0, 0.05) is 5.56 Å². The molecule has 3 nitrogen and oxygen atoms in total. The number of hydrogen-bond donors (Lipinski definition) is 1. The average Bonchev–Trinajstić information content (AvgIpc) is 2.47. The van der Waals surface area contributed by atoms with E-state index in [1.54, 1.807) is 44.4 Å². The van der Waals surface area contributed by atoms with E-state index < -0.39 is 11.4 Å². The first kappa shape index (κ1) is 14.3. The number of rotatable bonds is 4. The van der Waals surface area contributed by atoms with Gasteiger partial charge in [0.1, 0.15) is 11.4 Å². The number of halogens is 1. The third kappa shape index (κ3) is 2.47. The zero-order valence-electron chi connectivity index (χ0n) is 11.7. The highest BCUT2D eigenvalue weighted by atomic mass is 19.1. The summed E-state index contributed by atoms with van der Waals surface area (Å²) in [6.45, 7) is 1.54. The largest absolute Gasteiger partial charge is 0.497 e. The second-order valence-electron chi connectivity index (χ2n) is 4.63. The Balaban J connectivity index is 2.54. The summed E-state index contributed by atoms with van der Waals surface area (Å²) in [5.41, 5.74) is -0.776. The number of aliphatic hydroxyl groups is 1. The molecule has 2 aromatic rings. The van der Waals surface area contributed by atoms with Crippen LogP contribution in [0.15, 0.2) is 42.5 Å². The highest BCUT2D eigenvalue weighted by molar-refractivity contribution is 5.43. The van der Waals surface area contributed by atoms with E-state index in [0.29, 0.717) is 11.3 Å². The van der Waals surface area contributed by atoms with Crippen LogP contribution in [0.25, 0.3) is 0 Å². The lowest BCUT2D eigenvalue weighted by Gasteiger charge is -2.26. The summed E-state index contributed by atoms with van der Waals surface area (Å²) in [5, 5.41) is 10.7. The molecule has 0 bridgehead atoms. The quantitative estimate of drug-likeness (QED) is 0.932. The maximum atomic E-state index is 14.3. The van der Waals surface area contributed by atoms with Crippen LogP contribution in [-0.2, 0) is 5.60 Å². The fourth-order valence-corrected chi connectivity index (χ4v) is 2.13. The molecule has 0 aromatic heterocycles. The topological polar surface area (TPSA) is 38.7 Å². The Morgan fingerprint density at radius 1 is 1.05 bits per heavy atom. The molecule has 0 fully saturated rings. The van der Waals surface area contributed by atoms with Crippen LogP contribution < -0.4 is 9.47 Å². The minimum Gasteiger partial charge on any atom is -0.497 e. The van der Waals surface area contributed by atoms with Gasteiger partial charge in [-0.15, -0.1) is 0 Å². The van der Waals surface area contributed by atoms with Gasteiger partial charge in [0.25, 0.3) is 0 Å². The predicted molar refractivity (Wildman–Crippen MR) is 74.6 cm³/mol. The van der Waals surface area contributed by atoms with Gasteiger partial charge in [-0.25, -0.2) is 4.39 Å². The van der Waals surface area contributed by atoms with Crippen molar-refractivity contribution < 1.29 is 19.0 Å². The van der Waals surface area contributed by atoms with Gasteiger partial charge in [-0.3, -0.25) is 0 Å². The van der Waals surface area contributed by atoms with E-state index in [4.69, 9.17) is 9.47 Å². The lowest BCUT2D eigenvalue weighted by atomic mass is 9.87. The van der Waals surface area contributed by atoms with Gasteiger partial charge in [0.2, 0.25) is 0 Å². The van der Waals surface area contributed by atoms with Crippen LogP contribution in [0.2, 0.25) is 0 Å². The van der Waals surface area contributed by atoms with Crippen molar-refractivity contribution in [3.8, 4) is 11.5 Å². The van der Waals surface area contributed by atoms with Gasteiger partial charge in [0.15, 0.2) is 11.6 Å². The van der Waals surface area contributed by atoms with Gasteiger partial charge >= 0.3 is 0 Å². The predicted octanol–water partition coefficient (Wildman–Crippen LogP) is 3.10. The van der Waals surface area contributed by atoms with E-state index in [9.17, 15) is 9.50 Å². The lowest BCUT2D eigenvalue weighted by molar-refractivity contribution is 0.0969. The lowest BCUT2D eigenvalue weighted by Crippen LogP contribution is -2.24. The second kappa shape index (κ2) is 5.51. The first-order valence-electron chi connectivity index (χ1n) is 6.20. The van der Waals surface area contributed by atoms with Crippen molar-refractivity contribution in [2.45, 2.75) is 12.5 Å². The first-order chi connectivity index (χ1) is 9.50. The number of methoxy groups -OCH3 is 2. The van der Waals surface area contributed by atoms with Gasteiger partial charge in [-0.2, -0.15) is 0 Å². The van der Waals surface area contributed by atoms with Crippen LogP contribution in [0.4, 0.5) is 4.39 Å². The molecule has 0 aliphatic heterocycles. The Labute approximate surface area is 117 Å². The Morgan fingerprint density at radius 2 is 1.75 bits per heavy atom. The molecule has 0 radical (unpaired) electrons. The highest BCUT2D eigenvalue weighted by Gasteiger charge is 2.30. The van der Waals surface area contributed by atoms with Crippen molar-refractivity contribution in [2.24, 2.45) is 0 Å². The van der Waals surface area contributed by atoms with Crippen LogP contribution in [0, 0.1) is 5.82 Å². The van der Waals surface area contributed by atoms with E-state index in [1.807, 2.05) is 0 Å². The normalized spacial score (nSPS) is 13.7. The minimum atomic E-state index is -1.48. The van der Waals surface area contributed by atoms with Crippen LogP contribution >= 0.6 is 0 Å². The van der Waals surface area contributed by atoms with Crippen molar-refractivity contribution in [3.63, 3.8) is 0 Å². The van der Waals surface area contributed by atoms with Gasteiger partial charge in [-0.1, -0.05) is 24.3 Å². The van der Waals surface area contributed by atoms with Crippen molar-refractivity contribution in [2.75, 3.05) is 14.2 Å². The highest BCUT2D eigenvalue weighted by Crippen LogP contribution is 2.35. The molecule has 0 saturated carbocycles. The zero-order chi connectivity index (χ0) is 14.8. The summed E-state index contributed by atoms with van der Waals surface area (Å²) in [6.07, 6.45) is 0. The Kier molecular flexibility index (Phi) is 3.95. The SMILES string of the molecule is COc1cccc(C(C)(O)c2cccc(OC)c2F)c1. The number of ether oxygens (including phenoxy) is 2. The van der Waals surface area contributed by atoms with E-state index in [2.05, 4.69) is 0 Å². The molecule has 106 valence electrons. The van der Waals surface area contributed by atoms with Crippen molar-refractivity contribution >= 4 is 0 Å². The molecule has 0 spiro atoms. The number of benzene rings is 2. The maximum absolute atomic E-state index is 14.3. The second-order valence-corrected chi connectivity index (χ2v) is 4.63. The van der Waals surface area contributed by atoms with E-state index >= 15 is 0 Å². The molecule has 1 N–H and O–H groups in total. The molecule has 4 heteroatoms. The summed E-state index contributed by atoms with van der Waals surface area (Å²) < 4.78 is 24.4. The molecule has 0 heterocycles. The monoisotopic (exact) mass is 276 g/mol. The Bertz CT molecular complexity index is 608. The van der Waals surface area contributed by atoms with Crippen LogP contribution in [0.1, 0.15) is 18.1 Å². The van der Waals surface area contributed by atoms with Gasteiger partial charge in [-0.05, 0) is 30.7 Å². The third-order valence-corrected chi connectivity index (χ3v) is 3.34. The summed E-state index contributed by atoms with van der Waals surface area (Å²) in [6, 6.07) is 11.6. The molecule has 1 atom stereocenters. The van der Waals surface area contributed by atoms with Crippen molar-refractivity contribution in [1.82, 2.24) is 0 Å². The van der Waals surface area contributed by atoms with Gasteiger partial charge < -0.3 is 14.6 Å². The van der Waals surface area contributed by atoms with Crippen molar-refractivity contribution in [1.29, 1.82) is 0 Å². The standard InChI is InChI=1S/C16H17FO3/c1-16(18,11-6-4-7-12(10-11)19-2)13-8-5-9-14(20-3)15(13)17/h4-10,18H,1-3H3. The molecule has 20 heavy (non-hydrogen) atoms. The molecule has 2 aromatic carbocycles. The zero-order valence-corrected chi connectivity index (χ0v) is 11.7. The maximum Gasteiger partial charge on any atom is 0.171 e. The number of hydrogen-bond acceptors (Lipinski definition) is 3. The molecular formula is C16H17FO3. The summed E-state index contributed by atoms with van der Waals surface area (Å²) >= 11 is 0. The van der Waals surface area contributed by atoms with Crippen LogP contribution in [0.5, 0.6) is 11.5 Å². The minimum absolute atomic E-state index is 0.102. The fraction of sp³-hybridized carbons (Fsp3) is 0.250. The van der Waals surface area contributed by atoms with Gasteiger partial charge in [0.05, 0.1) is 14.2 Å². The van der Waals surface area contributed by atoms with Crippen molar-refractivity contribution in [3.05, 3.63) is 59.4 Å². The van der Waals surface area contributed by atoms with E-state index in [0.717, 1.165) is 0 Å². The molecule has 0 saturated heterocycles. The average molecular weight is 276 g/mol. The summed E-state index contributed by atoms with van der Waals surface area (Å²) in [5.74, 6) is 0.138.